The van der Waals surface area contributed by atoms with Crippen LogP contribution in [0.4, 0.5) is 5.69 Å². The molecular formula is C29H25NO4. The van der Waals surface area contributed by atoms with E-state index >= 15 is 0 Å². The molecule has 1 saturated heterocycles. The molecule has 3 aromatic carbocycles. The number of rotatable bonds is 5. The SMILES string of the molecule is C[C@@H]1C=CC[C@H]2C(=O)N(c3cccc(OC(=O)C(c4ccccc4)c4ccccc4)c3)C(=O)[C@@H]12. The smallest absolute Gasteiger partial charge is 0.323 e. The number of carbonyl (C=O) groups excluding carboxylic acids is 3. The molecule has 0 saturated carbocycles. The molecule has 3 aromatic rings. The topological polar surface area (TPSA) is 63.7 Å². The number of ether oxygens (including phenoxy) is 1. The number of allylic oxidation sites excluding steroid dienone is 2. The largest absolute Gasteiger partial charge is 0.426 e. The summed E-state index contributed by atoms with van der Waals surface area (Å²) in [6, 6.07) is 25.6. The van der Waals surface area contributed by atoms with Crippen molar-refractivity contribution in [1.29, 1.82) is 0 Å². The van der Waals surface area contributed by atoms with Crippen LogP contribution in [-0.4, -0.2) is 17.8 Å². The molecule has 2 aliphatic rings. The summed E-state index contributed by atoms with van der Waals surface area (Å²) in [5.74, 6) is -1.79. The van der Waals surface area contributed by atoms with Gasteiger partial charge in [0.05, 0.1) is 17.5 Å². The normalized spacial score (nSPS) is 21.6. The molecule has 5 nitrogen and oxygen atoms in total. The maximum Gasteiger partial charge on any atom is 0.323 e. The van der Waals surface area contributed by atoms with E-state index in [4.69, 9.17) is 4.74 Å². The molecule has 0 spiro atoms. The summed E-state index contributed by atoms with van der Waals surface area (Å²) in [7, 11) is 0. The Morgan fingerprint density at radius 1 is 0.882 bits per heavy atom. The molecule has 1 aliphatic carbocycles. The number of anilines is 1. The minimum Gasteiger partial charge on any atom is -0.426 e. The van der Waals surface area contributed by atoms with Crippen molar-refractivity contribution in [3.63, 3.8) is 0 Å². The lowest BCUT2D eigenvalue weighted by atomic mass is 9.78. The van der Waals surface area contributed by atoms with Crippen LogP contribution in [0, 0.1) is 17.8 Å². The van der Waals surface area contributed by atoms with E-state index in [1.54, 1.807) is 24.3 Å². The highest BCUT2D eigenvalue weighted by Gasteiger charge is 2.50. The predicted octanol–water partition coefficient (Wildman–Crippen LogP) is 5.13. The first-order valence-corrected chi connectivity index (χ1v) is 11.5. The molecule has 34 heavy (non-hydrogen) atoms. The van der Waals surface area contributed by atoms with E-state index in [-0.39, 0.29) is 29.6 Å². The molecule has 1 heterocycles. The van der Waals surface area contributed by atoms with E-state index in [0.29, 0.717) is 17.9 Å². The van der Waals surface area contributed by atoms with E-state index in [2.05, 4.69) is 0 Å². The van der Waals surface area contributed by atoms with E-state index in [1.807, 2.05) is 79.7 Å². The first-order valence-electron chi connectivity index (χ1n) is 11.5. The Bertz CT molecular complexity index is 1210. The molecule has 5 rings (SSSR count). The number of carbonyl (C=O) groups is 3. The summed E-state index contributed by atoms with van der Waals surface area (Å²) in [5, 5.41) is 0. The summed E-state index contributed by atoms with van der Waals surface area (Å²) in [6.45, 7) is 1.97. The van der Waals surface area contributed by atoms with Gasteiger partial charge in [-0.2, -0.15) is 0 Å². The van der Waals surface area contributed by atoms with Gasteiger partial charge in [0, 0.05) is 6.07 Å². The lowest BCUT2D eigenvalue weighted by Crippen LogP contribution is -2.31. The zero-order valence-electron chi connectivity index (χ0n) is 18.8. The van der Waals surface area contributed by atoms with Crippen LogP contribution < -0.4 is 9.64 Å². The molecule has 0 radical (unpaired) electrons. The lowest BCUT2D eigenvalue weighted by molar-refractivity contribution is -0.135. The molecule has 5 heteroatoms. The van der Waals surface area contributed by atoms with Crippen molar-refractivity contribution in [2.45, 2.75) is 19.3 Å². The maximum absolute atomic E-state index is 13.3. The number of nitrogens with zero attached hydrogens (tertiary/aromatic N) is 1. The van der Waals surface area contributed by atoms with Gasteiger partial charge in [0.1, 0.15) is 11.7 Å². The van der Waals surface area contributed by atoms with Gasteiger partial charge in [-0.15, -0.1) is 0 Å². The number of esters is 1. The number of hydrogen-bond acceptors (Lipinski definition) is 4. The summed E-state index contributed by atoms with van der Waals surface area (Å²) in [4.78, 5) is 40.8. The summed E-state index contributed by atoms with van der Waals surface area (Å²) in [5.41, 5.74) is 2.08. The number of hydrogen-bond donors (Lipinski definition) is 0. The lowest BCUT2D eigenvalue weighted by Gasteiger charge is -2.22. The fourth-order valence-electron chi connectivity index (χ4n) is 5.02. The highest BCUT2D eigenvalue weighted by Crippen LogP contribution is 2.41. The average Bonchev–Trinajstić information content (AvgIpc) is 3.11. The van der Waals surface area contributed by atoms with Gasteiger partial charge in [0.25, 0.3) is 0 Å². The van der Waals surface area contributed by atoms with Gasteiger partial charge in [0.2, 0.25) is 11.8 Å². The van der Waals surface area contributed by atoms with Gasteiger partial charge in [-0.1, -0.05) is 85.8 Å². The minimum absolute atomic E-state index is 0.0127. The monoisotopic (exact) mass is 451 g/mol. The summed E-state index contributed by atoms with van der Waals surface area (Å²) in [6.07, 6.45) is 4.55. The second kappa shape index (κ2) is 9.10. The van der Waals surface area contributed by atoms with Gasteiger partial charge in [-0.3, -0.25) is 14.4 Å². The number of amides is 2. The zero-order valence-corrected chi connectivity index (χ0v) is 18.8. The molecule has 1 aliphatic heterocycles. The van der Waals surface area contributed by atoms with Crippen LogP contribution in [-0.2, 0) is 14.4 Å². The van der Waals surface area contributed by atoms with Crippen LogP contribution in [0.25, 0.3) is 0 Å². The first kappa shape index (κ1) is 21.8. The summed E-state index contributed by atoms with van der Waals surface area (Å²) < 4.78 is 5.80. The molecule has 0 aromatic heterocycles. The molecular weight excluding hydrogens is 426 g/mol. The summed E-state index contributed by atoms with van der Waals surface area (Å²) >= 11 is 0. The predicted molar refractivity (Wildman–Crippen MR) is 129 cm³/mol. The zero-order chi connectivity index (χ0) is 23.7. The highest BCUT2D eigenvalue weighted by atomic mass is 16.5. The Hall–Kier alpha value is -3.99. The molecule has 1 fully saturated rings. The Kier molecular flexibility index (Phi) is 5.84. The van der Waals surface area contributed by atoms with Crippen molar-refractivity contribution in [3.8, 4) is 5.75 Å². The Morgan fingerprint density at radius 3 is 2.15 bits per heavy atom. The van der Waals surface area contributed by atoms with E-state index in [0.717, 1.165) is 11.1 Å². The van der Waals surface area contributed by atoms with Gasteiger partial charge in [-0.05, 0) is 35.6 Å². The quantitative estimate of drug-likeness (QED) is 0.234. The highest BCUT2D eigenvalue weighted by molar-refractivity contribution is 6.22. The first-order chi connectivity index (χ1) is 16.5. The van der Waals surface area contributed by atoms with E-state index in [9.17, 15) is 14.4 Å². The van der Waals surface area contributed by atoms with Crippen LogP contribution in [0.15, 0.2) is 97.1 Å². The van der Waals surface area contributed by atoms with Crippen molar-refractivity contribution < 1.29 is 19.1 Å². The van der Waals surface area contributed by atoms with E-state index < -0.39 is 11.9 Å². The van der Waals surface area contributed by atoms with Crippen LogP contribution in [0.5, 0.6) is 5.75 Å². The second-order valence-corrected chi connectivity index (χ2v) is 8.84. The van der Waals surface area contributed by atoms with Crippen molar-refractivity contribution >= 4 is 23.5 Å². The number of benzene rings is 3. The van der Waals surface area contributed by atoms with Crippen LogP contribution in [0.2, 0.25) is 0 Å². The van der Waals surface area contributed by atoms with Crippen molar-refractivity contribution in [1.82, 2.24) is 0 Å². The van der Waals surface area contributed by atoms with Gasteiger partial charge in [-0.25, -0.2) is 4.90 Å². The van der Waals surface area contributed by atoms with Crippen LogP contribution in [0.1, 0.15) is 30.4 Å². The molecule has 0 bridgehead atoms. The van der Waals surface area contributed by atoms with Crippen molar-refractivity contribution in [2.24, 2.45) is 17.8 Å². The van der Waals surface area contributed by atoms with Gasteiger partial charge < -0.3 is 4.74 Å². The van der Waals surface area contributed by atoms with E-state index in [1.165, 1.54) is 4.90 Å². The average molecular weight is 452 g/mol. The molecule has 3 atom stereocenters. The Morgan fingerprint density at radius 2 is 1.53 bits per heavy atom. The third-order valence-corrected chi connectivity index (χ3v) is 6.67. The molecule has 0 unspecified atom stereocenters. The fraction of sp³-hybridized carbons (Fsp3) is 0.207. The maximum atomic E-state index is 13.3. The fourth-order valence-corrected chi connectivity index (χ4v) is 5.02. The molecule has 170 valence electrons. The Balaban J connectivity index is 1.42. The second-order valence-electron chi connectivity index (χ2n) is 8.84. The van der Waals surface area contributed by atoms with Gasteiger partial charge >= 0.3 is 5.97 Å². The third-order valence-electron chi connectivity index (χ3n) is 6.67. The Labute approximate surface area is 198 Å². The van der Waals surface area contributed by atoms with Crippen molar-refractivity contribution in [2.75, 3.05) is 4.90 Å². The minimum atomic E-state index is -0.601. The van der Waals surface area contributed by atoms with Crippen LogP contribution >= 0.6 is 0 Å². The van der Waals surface area contributed by atoms with Gasteiger partial charge in [0.15, 0.2) is 0 Å². The standard InChI is InChI=1S/C29H25NO4/c1-19-10-8-17-24-25(19)28(32)30(27(24)31)22-15-9-16-23(18-22)34-29(33)26(20-11-4-2-5-12-20)21-13-6-3-7-14-21/h2-16,18-19,24-26H,17H2,1H3/t19-,24-,25+/m1/s1. The molecule has 2 amide bonds. The number of imide groups is 1. The van der Waals surface area contributed by atoms with Crippen LogP contribution in [0.3, 0.4) is 0 Å². The molecule has 0 N–H and O–H groups in total. The number of fused-ring (bicyclic) bond motifs is 1. The van der Waals surface area contributed by atoms with Crippen molar-refractivity contribution in [3.05, 3.63) is 108 Å². The third kappa shape index (κ3) is 3.94.